The molecule has 0 bridgehead atoms. The molecule has 2 amide bonds. The lowest BCUT2D eigenvalue weighted by Crippen LogP contribution is -2.34. The zero-order valence-electron chi connectivity index (χ0n) is 14.4. The maximum absolute atomic E-state index is 12.8. The zero-order valence-corrected chi connectivity index (χ0v) is 14.4. The summed E-state index contributed by atoms with van der Waals surface area (Å²) in [7, 11) is 0. The predicted molar refractivity (Wildman–Crippen MR) is 96.7 cm³/mol. The summed E-state index contributed by atoms with van der Waals surface area (Å²) in [4.78, 5) is 25.2. The van der Waals surface area contributed by atoms with Crippen molar-refractivity contribution in [3.8, 4) is 0 Å². The van der Waals surface area contributed by atoms with E-state index >= 15 is 0 Å². The Bertz CT molecular complexity index is 819. The quantitative estimate of drug-likeness (QED) is 0.657. The van der Waals surface area contributed by atoms with E-state index in [-0.39, 0.29) is 17.8 Å². The van der Waals surface area contributed by atoms with Crippen LogP contribution in [-0.4, -0.2) is 22.4 Å². The van der Waals surface area contributed by atoms with Gasteiger partial charge in [0.05, 0.1) is 22.2 Å². The second kappa shape index (κ2) is 6.93. The van der Waals surface area contributed by atoms with Crippen molar-refractivity contribution in [1.82, 2.24) is 4.90 Å². The number of hydrogen-bond acceptors (Lipinski definition) is 3. The van der Waals surface area contributed by atoms with Gasteiger partial charge in [-0.25, -0.2) is 4.79 Å². The van der Waals surface area contributed by atoms with Gasteiger partial charge in [0.2, 0.25) is 0 Å². The van der Waals surface area contributed by atoms with E-state index in [4.69, 9.17) is 0 Å². The van der Waals surface area contributed by atoms with Crippen molar-refractivity contribution in [2.45, 2.75) is 32.7 Å². The van der Waals surface area contributed by atoms with Gasteiger partial charge in [-0.1, -0.05) is 35.9 Å². The molecule has 25 heavy (non-hydrogen) atoms. The normalized spacial score (nSPS) is 16.7. The third-order valence-electron chi connectivity index (χ3n) is 4.68. The summed E-state index contributed by atoms with van der Waals surface area (Å²) < 4.78 is 0. The van der Waals surface area contributed by atoms with Crippen LogP contribution >= 0.6 is 0 Å². The molecule has 6 nitrogen and oxygen atoms in total. The molecule has 1 saturated heterocycles. The largest absolute Gasteiger partial charge is 0.322 e. The predicted octanol–water partition coefficient (Wildman–Crippen LogP) is 4.58. The Morgan fingerprint density at radius 2 is 2.00 bits per heavy atom. The Balaban J connectivity index is 1.81. The van der Waals surface area contributed by atoms with Crippen molar-refractivity contribution in [3.05, 3.63) is 69.3 Å². The summed E-state index contributed by atoms with van der Waals surface area (Å²) in [6, 6.07) is 12.7. The SMILES string of the molecule is Cc1cccc([C@H]2CCCN2C(=O)Nc2cccc([N+](=O)[O-])c2C)c1. The van der Waals surface area contributed by atoms with Crippen LogP contribution < -0.4 is 5.32 Å². The van der Waals surface area contributed by atoms with Crippen molar-refractivity contribution >= 4 is 17.4 Å². The summed E-state index contributed by atoms with van der Waals surface area (Å²) in [5.74, 6) is 0. The van der Waals surface area contributed by atoms with Gasteiger partial charge in [0, 0.05) is 12.6 Å². The molecule has 1 heterocycles. The van der Waals surface area contributed by atoms with Crippen LogP contribution in [0.3, 0.4) is 0 Å². The molecule has 2 aromatic rings. The second-order valence-electron chi connectivity index (χ2n) is 6.40. The van der Waals surface area contributed by atoms with Crippen LogP contribution in [0.2, 0.25) is 0 Å². The molecule has 0 saturated carbocycles. The van der Waals surface area contributed by atoms with Crippen molar-refractivity contribution in [2.24, 2.45) is 0 Å². The minimum atomic E-state index is -0.434. The van der Waals surface area contributed by atoms with Crippen LogP contribution in [0.4, 0.5) is 16.2 Å². The van der Waals surface area contributed by atoms with Crippen molar-refractivity contribution in [3.63, 3.8) is 0 Å². The first-order valence-corrected chi connectivity index (χ1v) is 8.35. The molecule has 0 aromatic heterocycles. The monoisotopic (exact) mass is 339 g/mol. The number of anilines is 1. The highest BCUT2D eigenvalue weighted by Gasteiger charge is 2.30. The van der Waals surface area contributed by atoms with E-state index in [0.717, 1.165) is 18.4 Å². The molecule has 2 aromatic carbocycles. The topological polar surface area (TPSA) is 75.5 Å². The molecule has 0 aliphatic carbocycles. The first-order valence-electron chi connectivity index (χ1n) is 8.35. The number of rotatable bonds is 3. The van der Waals surface area contributed by atoms with E-state index in [1.807, 2.05) is 30.0 Å². The number of amides is 2. The van der Waals surface area contributed by atoms with E-state index in [0.29, 0.717) is 17.8 Å². The molecule has 130 valence electrons. The first-order chi connectivity index (χ1) is 12.0. The Morgan fingerprint density at radius 3 is 2.72 bits per heavy atom. The Labute approximate surface area is 146 Å². The molecule has 0 unspecified atom stereocenters. The summed E-state index contributed by atoms with van der Waals surface area (Å²) in [5, 5.41) is 13.9. The fourth-order valence-corrected chi connectivity index (χ4v) is 3.38. The third kappa shape index (κ3) is 3.47. The highest BCUT2D eigenvalue weighted by atomic mass is 16.6. The summed E-state index contributed by atoms with van der Waals surface area (Å²) in [6.45, 7) is 4.36. The van der Waals surface area contributed by atoms with Gasteiger partial charge in [0.15, 0.2) is 0 Å². The molecule has 0 spiro atoms. The second-order valence-corrected chi connectivity index (χ2v) is 6.40. The van der Waals surface area contributed by atoms with Crippen LogP contribution in [0.25, 0.3) is 0 Å². The van der Waals surface area contributed by atoms with E-state index in [1.54, 1.807) is 19.1 Å². The Kier molecular flexibility index (Phi) is 4.70. The number of nitrogens with one attached hydrogen (secondary N) is 1. The molecule has 1 aliphatic rings. The fraction of sp³-hybridized carbons (Fsp3) is 0.316. The van der Waals surface area contributed by atoms with Gasteiger partial charge < -0.3 is 10.2 Å². The van der Waals surface area contributed by atoms with Crippen LogP contribution in [0, 0.1) is 24.0 Å². The van der Waals surface area contributed by atoms with Gasteiger partial charge in [0.25, 0.3) is 5.69 Å². The first kappa shape index (κ1) is 17.0. The number of carbonyl (C=O) groups is 1. The maximum atomic E-state index is 12.8. The van der Waals surface area contributed by atoms with Crippen LogP contribution in [0.15, 0.2) is 42.5 Å². The summed E-state index contributed by atoms with van der Waals surface area (Å²) >= 11 is 0. The number of hydrogen-bond donors (Lipinski definition) is 1. The van der Waals surface area contributed by atoms with Gasteiger partial charge in [-0.15, -0.1) is 0 Å². The number of nitrogens with zero attached hydrogens (tertiary/aromatic N) is 2. The molecule has 1 atom stereocenters. The van der Waals surface area contributed by atoms with Crippen molar-refractivity contribution in [1.29, 1.82) is 0 Å². The molecular weight excluding hydrogens is 318 g/mol. The zero-order chi connectivity index (χ0) is 18.0. The number of nitro benzene ring substituents is 1. The highest BCUT2D eigenvalue weighted by molar-refractivity contribution is 5.91. The van der Waals surface area contributed by atoms with Gasteiger partial charge in [0.1, 0.15) is 0 Å². The highest BCUT2D eigenvalue weighted by Crippen LogP contribution is 2.33. The van der Waals surface area contributed by atoms with Crippen LogP contribution in [-0.2, 0) is 0 Å². The average Bonchev–Trinajstić information content (AvgIpc) is 3.06. The van der Waals surface area contributed by atoms with E-state index in [2.05, 4.69) is 11.4 Å². The van der Waals surface area contributed by atoms with E-state index < -0.39 is 4.92 Å². The fourth-order valence-electron chi connectivity index (χ4n) is 3.38. The molecule has 1 fully saturated rings. The summed E-state index contributed by atoms with van der Waals surface area (Å²) in [6.07, 6.45) is 1.87. The average molecular weight is 339 g/mol. The lowest BCUT2D eigenvalue weighted by molar-refractivity contribution is -0.385. The minimum Gasteiger partial charge on any atom is -0.317 e. The van der Waals surface area contributed by atoms with Crippen LogP contribution in [0.1, 0.15) is 35.6 Å². The van der Waals surface area contributed by atoms with Gasteiger partial charge in [-0.3, -0.25) is 10.1 Å². The number of benzene rings is 2. The van der Waals surface area contributed by atoms with Gasteiger partial charge in [-0.05, 0) is 38.3 Å². The number of aryl methyl sites for hydroxylation is 1. The van der Waals surface area contributed by atoms with E-state index in [9.17, 15) is 14.9 Å². The maximum Gasteiger partial charge on any atom is 0.322 e. The number of urea groups is 1. The summed E-state index contributed by atoms with van der Waals surface area (Å²) in [5.41, 5.74) is 3.25. The molecule has 0 radical (unpaired) electrons. The third-order valence-corrected chi connectivity index (χ3v) is 4.68. The van der Waals surface area contributed by atoms with Gasteiger partial charge >= 0.3 is 6.03 Å². The smallest absolute Gasteiger partial charge is 0.317 e. The standard InChI is InChI=1S/C19H21N3O3/c1-13-6-3-7-15(12-13)18-10-5-11-21(18)19(23)20-16-8-4-9-17(14(16)2)22(24)25/h3-4,6-9,12,18H,5,10-11H2,1-2H3,(H,20,23)/t18-/m1/s1. The number of nitro groups is 1. The molecule has 1 N–H and O–H groups in total. The number of likely N-dealkylation sites (tertiary alicyclic amines) is 1. The minimum absolute atomic E-state index is 0.00876. The molecule has 3 rings (SSSR count). The Hall–Kier alpha value is -2.89. The van der Waals surface area contributed by atoms with Crippen molar-refractivity contribution < 1.29 is 9.72 Å². The molecular formula is C19H21N3O3. The lowest BCUT2D eigenvalue weighted by Gasteiger charge is -2.26. The van der Waals surface area contributed by atoms with Crippen molar-refractivity contribution in [2.75, 3.05) is 11.9 Å². The molecule has 6 heteroatoms. The molecule has 1 aliphatic heterocycles. The van der Waals surface area contributed by atoms with Gasteiger partial charge in [-0.2, -0.15) is 0 Å². The lowest BCUT2D eigenvalue weighted by atomic mass is 10.0. The van der Waals surface area contributed by atoms with Crippen LogP contribution in [0.5, 0.6) is 0 Å². The Morgan fingerprint density at radius 1 is 1.24 bits per heavy atom. The number of carbonyl (C=O) groups excluding carboxylic acids is 1. The van der Waals surface area contributed by atoms with E-state index in [1.165, 1.54) is 11.6 Å².